The number of rotatable bonds is 6. The molecule has 2 saturated heterocycles. The fourth-order valence-electron chi connectivity index (χ4n) is 5.44. The molecule has 2 N–H and O–H groups in total. The molecule has 0 bridgehead atoms. The molecule has 3 atom stereocenters. The Hall–Kier alpha value is -2.49. The number of nitrogens with one attached hydrogen (secondary N) is 1. The van der Waals surface area contributed by atoms with E-state index in [2.05, 4.69) is 25.2 Å². The Morgan fingerprint density at radius 3 is 2.71 bits per heavy atom. The number of fused-ring (bicyclic) bond motifs is 1. The lowest BCUT2D eigenvalue weighted by molar-refractivity contribution is -0.135. The number of nitrogens with zero attached hydrogens (tertiary/aromatic N) is 2. The molecule has 0 spiro atoms. The van der Waals surface area contributed by atoms with Crippen molar-refractivity contribution in [1.29, 1.82) is 0 Å². The van der Waals surface area contributed by atoms with Crippen molar-refractivity contribution in [3.63, 3.8) is 0 Å². The highest BCUT2D eigenvalue weighted by Gasteiger charge is 2.52. The van der Waals surface area contributed by atoms with Crippen molar-refractivity contribution < 1.29 is 28.2 Å². The van der Waals surface area contributed by atoms with Crippen LogP contribution in [0.15, 0.2) is 18.2 Å². The van der Waals surface area contributed by atoms with Crippen LogP contribution >= 0.6 is 0 Å². The molecule has 0 radical (unpaired) electrons. The molecule has 2 fully saturated rings. The minimum absolute atomic E-state index is 0.0287. The third-order valence-corrected chi connectivity index (χ3v) is 7.14. The highest BCUT2D eigenvalue weighted by atomic mass is 19.3. The molecule has 7 nitrogen and oxygen atoms in total. The summed E-state index contributed by atoms with van der Waals surface area (Å²) in [6.07, 6.45) is 0.382. The van der Waals surface area contributed by atoms with Gasteiger partial charge in [-0.1, -0.05) is 38.9 Å². The van der Waals surface area contributed by atoms with Crippen molar-refractivity contribution in [1.82, 2.24) is 15.1 Å². The van der Waals surface area contributed by atoms with Crippen LogP contribution in [-0.2, 0) is 33.9 Å². The molecule has 0 aliphatic carbocycles. The zero-order chi connectivity index (χ0) is 24.8. The molecular weight excluding hydrogens is 443 g/mol. The summed E-state index contributed by atoms with van der Waals surface area (Å²) >= 11 is 0. The van der Waals surface area contributed by atoms with Gasteiger partial charge >= 0.3 is 6.92 Å². The van der Waals surface area contributed by atoms with E-state index in [0.29, 0.717) is 19.0 Å². The molecule has 34 heavy (non-hydrogen) atoms. The first kappa shape index (κ1) is 24.6. The lowest BCUT2D eigenvalue weighted by Crippen LogP contribution is -2.50. The summed E-state index contributed by atoms with van der Waals surface area (Å²) in [7, 11) is 0. The van der Waals surface area contributed by atoms with Gasteiger partial charge in [-0.25, -0.2) is 8.78 Å². The molecule has 3 aliphatic heterocycles. The van der Waals surface area contributed by atoms with Gasteiger partial charge in [0.2, 0.25) is 17.7 Å². The maximum atomic E-state index is 13.9. The molecule has 1 aromatic rings. The average Bonchev–Trinajstić information content (AvgIpc) is 3.42. The lowest BCUT2D eigenvalue weighted by Gasteiger charge is -2.27. The molecule has 0 saturated carbocycles. The fourth-order valence-corrected chi connectivity index (χ4v) is 5.44. The van der Waals surface area contributed by atoms with E-state index >= 15 is 0 Å². The van der Waals surface area contributed by atoms with Crippen LogP contribution in [0.4, 0.5) is 8.78 Å². The number of carbonyl (C=O) groups excluding carboxylic acids is 3. The Bertz CT molecular complexity index is 987. The molecule has 0 aromatic heterocycles. The Morgan fingerprint density at radius 2 is 2.03 bits per heavy atom. The van der Waals surface area contributed by atoms with Crippen LogP contribution in [0.25, 0.3) is 0 Å². The van der Waals surface area contributed by atoms with Crippen LogP contribution < -0.4 is 5.32 Å². The van der Waals surface area contributed by atoms with Crippen molar-refractivity contribution in [2.24, 2.45) is 11.8 Å². The minimum atomic E-state index is -3.07. The van der Waals surface area contributed by atoms with Gasteiger partial charge in [0.05, 0.1) is 6.54 Å². The summed E-state index contributed by atoms with van der Waals surface area (Å²) in [6, 6.07) is 5.16. The molecule has 0 unspecified atom stereocenters. The topological polar surface area (TPSA) is 90.0 Å². The first-order valence-corrected chi connectivity index (χ1v) is 12.0. The van der Waals surface area contributed by atoms with Crippen LogP contribution in [0.5, 0.6) is 0 Å². The maximum absolute atomic E-state index is 13.9. The monoisotopic (exact) mass is 475 g/mol. The smallest absolute Gasteiger partial charge is 0.309 e. The molecule has 3 heterocycles. The van der Waals surface area contributed by atoms with Gasteiger partial charge in [0.15, 0.2) is 0 Å². The Labute approximate surface area is 199 Å². The summed E-state index contributed by atoms with van der Waals surface area (Å²) in [5, 5.41) is 12.5. The van der Waals surface area contributed by atoms with Crippen LogP contribution in [0.1, 0.15) is 49.8 Å². The van der Waals surface area contributed by atoms with Crippen molar-refractivity contribution in [2.45, 2.75) is 77.3 Å². The third-order valence-electron chi connectivity index (χ3n) is 7.14. The predicted octanol–water partition coefficient (Wildman–Crippen LogP) is 2.01. The molecule has 10 heteroatoms. The van der Waals surface area contributed by atoms with E-state index in [1.165, 1.54) is 17.9 Å². The van der Waals surface area contributed by atoms with E-state index < -0.39 is 55.5 Å². The number of hydrogen-bond donors (Lipinski definition) is 2. The second-order valence-electron chi connectivity index (χ2n) is 10.4. The lowest BCUT2D eigenvalue weighted by atomic mass is 9.62. The summed E-state index contributed by atoms with van der Waals surface area (Å²) in [4.78, 5) is 41.2. The standard InChI is InChI=1S/C24H32BF2N3O4/c1-14(2)7-15-5-4-6-16-11-29(12-18(15)16)21(31)9-17-8-19(28-22(17)32)23(33)30-13-24(26,27)10-20(30)25(3)34/h4-6,14,17,19-20,34H,7-13H2,1-3H3,(H,28,32)/t17-,19-,20-/m0/s1. The van der Waals surface area contributed by atoms with Crippen LogP contribution in [0.2, 0.25) is 6.82 Å². The van der Waals surface area contributed by atoms with Crippen LogP contribution in [-0.4, -0.2) is 63.9 Å². The Balaban J connectivity index is 1.38. The quantitative estimate of drug-likeness (QED) is 0.617. The second-order valence-corrected chi connectivity index (χ2v) is 10.4. The average molecular weight is 475 g/mol. The van der Waals surface area contributed by atoms with Crippen LogP contribution in [0.3, 0.4) is 0 Å². The fraction of sp³-hybridized carbons (Fsp3) is 0.625. The van der Waals surface area contributed by atoms with Gasteiger partial charge in [-0.2, -0.15) is 0 Å². The Morgan fingerprint density at radius 1 is 1.29 bits per heavy atom. The molecule has 1 aromatic carbocycles. The molecular formula is C24H32BF2N3O4. The predicted molar refractivity (Wildman–Crippen MR) is 123 cm³/mol. The normalized spacial score (nSPS) is 25.6. The van der Waals surface area contributed by atoms with Crippen LogP contribution in [0, 0.1) is 11.8 Å². The van der Waals surface area contributed by atoms with Gasteiger partial charge in [-0.05, 0) is 35.4 Å². The van der Waals surface area contributed by atoms with E-state index in [9.17, 15) is 28.2 Å². The SMILES string of the molecule is CB(O)[C@@H]1CC(F)(F)CN1C(=O)[C@@H]1C[C@@H](CC(=O)N2Cc3cccc(CC(C)C)c3C2)C(=O)N1. The summed E-state index contributed by atoms with van der Waals surface area (Å²) in [5.74, 6) is -5.46. The molecule has 3 aliphatic rings. The first-order chi connectivity index (χ1) is 15.9. The summed E-state index contributed by atoms with van der Waals surface area (Å²) < 4.78 is 27.8. The van der Waals surface area contributed by atoms with Gasteiger partial charge < -0.3 is 20.1 Å². The number of amides is 3. The molecule has 4 rings (SSSR count). The van der Waals surface area contributed by atoms with Gasteiger partial charge in [-0.3, -0.25) is 14.4 Å². The van der Waals surface area contributed by atoms with Crippen molar-refractivity contribution >= 4 is 24.6 Å². The number of benzene rings is 1. The third kappa shape index (κ3) is 4.97. The maximum Gasteiger partial charge on any atom is 0.309 e. The number of halogens is 2. The minimum Gasteiger partial charge on any atom is -0.449 e. The number of carbonyl (C=O) groups is 3. The van der Waals surface area contributed by atoms with Crippen molar-refractivity contribution in [3.8, 4) is 0 Å². The van der Waals surface area contributed by atoms with Gasteiger partial charge in [-0.15, -0.1) is 0 Å². The zero-order valence-electron chi connectivity index (χ0n) is 19.9. The van der Waals surface area contributed by atoms with E-state index in [0.717, 1.165) is 16.9 Å². The Kier molecular flexibility index (Phi) is 6.73. The van der Waals surface area contributed by atoms with Gasteiger partial charge in [0.25, 0.3) is 5.92 Å². The highest BCUT2D eigenvalue weighted by molar-refractivity contribution is 6.51. The van der Waals surface area contributed by atoms with E-state index in [4.69, 9.17) is 0 Å². The van der Waals surface area contributed by atoms with Crippen molar-refractivity contribution in [2.75, 3.05) is 6.54 Å². The summed E-state index contributed by atoms with van der Waals surface area (Å²) in [6.45, 7) is 4.80. The van der Waals surface area contributed by atoms with Gasteiger partial charge in [0.1, 0.15) is 6.04 Å². The van der Waals surface area contributed by atoms with E-state index in [-0.39, 0.29) is 18.7 Å². The number of alkyl halides is 2. The summed E-state index contributed by atoms with van der Waals surface area (Å²) in [5.41, 5.74) is 3.53. The van der Waals surface area contributed by atoms with E-state index in [1.807, 2.05) is 12.1 Å². The zero-order valence-corrected chi connectivity index (χ0v) is 19.9. The molecule has 3 amide bonds. The first-order valence-electron chi connectivity index (χ1n) is 12.0. The number of likely N-dealkylation sites (tertiary alicyclic amines) is 1. The largest absolute Gasteiger partial charge is 0.449 e. The highest BCUT2D eigenvalue weighted by Crippen LogP contribution is 2.35. The van der Waals surface area contributed by atoms with Gasteiger partial charge in [0, 0.05) is 37.8 Å². The van der Waals surface area contributed by atoms with E-state index in [1.54, 1.807) is 4.90 Å². The molecule has 184 valence electrons. The second kappa shape index (κ2) is 9.28. The number of hydrogen-bond acceptors (Lipinski definition) is 4. The van der Waals surface area contributed by atoms with Crippen molar-refractivity contribution in [3.05, 3.63) is 34.9 Å².